The summed E-state index contributed by atoms with van der Waals surface area (Å²) in [5.74, 6) is 0.490. The van der Waals surface area contributed by atoms with Gasteiger partial charge in [-0.05, 0) is 30.2 Å². The highest BCUT2D eigenvalue weighted by atomic mass is 35.5. The lowest BCUT2D eigenvalue weighted by atomic mass is 9.88. The molecule has 0 bridgehead atoms. The van der Waals surface area contributed by atoms with Crippen molar-refractivity contribution < 1.29 is 9.53 Å². The molecule has 2 aromatic carbocycles. The van der Waals surface area contributed by atoms with E-state index in [9.17, 15) is 4.79 Å². The lowest BCUT2D eigenvalue weighted by Gasteiger charge is -2.15. The van der Waals surface area contributed by atoms with Crippen LogP contribution in [0.5, 0.6) is 5.75 Å². The van der Waals surface area contributed by atoms with E-state index in [1.165, 1.54) is 0 Å². The summed E-state index contributed by atoms with van der Waals surface area (Å²) in [6, 6.07) is 14.9. The number of ketones is 1. The molecular weight excluding hydrogens is 272 g/mol. The van der Waals surface area contributed by atoms with Gasteiger partial charge in [0.05, 0.1) is 12.1 Å². The molecule has 0 aliphatic rings. The monoisotopic (exact) mass is 288 g/mol. The van der Waals surface area contributed by atoms with E-state index in [1.54, 1.807) is 25.3 Å². The largest absolute Gasteiger partial charge is 0.497 e. The highest BCUT2D eigenvalue weighted by molar-refractivity contribution is 6.34. The number of ether oxygens (including phenoxy) is 1. The predicted molar refractivity (Wildman–Crippen MR) is 81.8 cm³/mol. The molecule has 0 amide bonds. The number of halogens is 1. The molecule has 0 aliphatic heterocycles. The van der Waals surface area contributed by atoms with Crippen molar-refractivity contribution in [3.8, 4) is 5.75 Å². The third kappa shape index (κ3) is 3.02. The number of hydrogen-bond donors (Lipinski definition) is 0. The predicted octanol–water partition coefficient (Wildman–Crippen LogP) is 4.73. The first-order valence-electron chi connectivity index (χ1n) is 6.60. The SMILES string of the molecule is CCC(C(=O)c1cc(OC)ccc1Cl)c1ccccc1. The van der Waals surface area contributed by atoms with Gasteiger partial charge >= 0.3 is 0 Å². The molecule has 1 atom stereocenters. The molecule has 0 radical (unpaired) electrons. The maximum absolute atomic E-state index is 12.7. The summed E-state index contributed by atoms with van der Waals surface area (Å²) in [6.45, 7) is 2.00. The first-order chi connectivity index (χ1) is 9.67. The van der Waals surface area contributed by atoms with Gasteiger partial charge in [-0.3, -0.25) is 4.79 Å². The molecule has 0 saturated heterocycles. The Morgan fingerprint density at radius 2 is 1.90 bits per heavy atom. The topological polar surface area (TPSA) is 26.3 Å². The fourth-order valence-electron chi connectivity index (χ4n) is 2.27. The van der Waals surface area contributed by atoms with Crippen LogP contribution in [0.4, 0.5) is 0 Å². The molecule has 0 N–H and O–H groups in total. The van der Waals surface area contributed by atoms with Gasteiger partial charge in [-0.15, -0.1) is 0 Å². The van der Waals surface area contributed by atoms with E-state index in [0.717, 1.165) is 12.0 Å². The van der Waals surface area contributed by atoms with E-state index < -0.39 is 0 Å². The molecule has 0 heterocycles. The summed E-state index contributed by atoms with van der Waals surface area (Å²) in [7, 11) is 1.58. The molecule has 104 valence electrons. The summed E-state index contributed by atoms with van der Waals surface area (Å²) >= 11 is 6.16. The van der Waals surface area contributed by atoms with Crippen LogP contribution in [-0.2, 0) is 0 Å². The van der Waals surface area contributed by atoms with Crippen LogP contribution >= 0.6 is 11.6 Å². The van der Waals surface area contributed by atoms with E-state index in [0.29, 0.717) is 16.3 Å². The third-order valence-corrected chi connectivity index (χ3v) is 3.70. The highest BCUT2D eigenvalue weighted by Gasteiger charge is 2.22. The van der Waals surface area contributed by atoms with Gasteiger partial charge in [-0.1, -0.05) is 48.9 Å². The number of Topliss-reactive ketones (excluding diaryl/α,β-unsaturated/α-hetero) is 1. The molecular formula is C17H17ClO2. The van der Waals surface area contributed by atoms with Crippen molar-refractivity contribution in [1.82, 2.24) is 0 Å². The van der Waals surface area contributed by atoms with Crippen LogP contribution in [-0.4, -0.2) is 12.9 Å². The average Bonchev–Trinajstić information content (AvgIpc) is 2.49. The summed E-state index contributed by atoms with van der Waals surface area (Å²) in [5, 5.41) is 0.463. The van der Waals surface area contributed by atoms with Gasteiger partial charge in [0, 0.05) is 11.5 Å². The second-order valence-electron chi connectivity index (χ2n) is 4.58. The first-order valence-corrected chi connectivity index (χ1v) is 6.97. The Bertz CT molecular complexity index is 593. The molecule has 0 aromatic heterocycles. The Kier molecular flexibility index (Phi) is 4.80. The second kappa shape index (κ2) is 6.58. The van der Waals surface area contributed by atoms with E-state index in [2.05, 4.69) is 0 Å². The van der Waals surface area contributed by atoms with Crippen molar-refractivity contribution >= 4 is 17.4 Å². The molecule has 0 saturated carbocycles. The Labute approximate surface area is 124 Å². The number of methoxy groups -OCH3 is 1. The van der Waals surface area contributed by atoms with Crippen LogP contribution in [0.15, 0.2) is 48.5 Å². The van der Waals surface area contributed by atoms with Gasteiger partial charge in [-0.25, -0.2) is 0 Å². The number of hydrogen-bond acceptors (Lipinski definition) is 2. The van der Waals surface area contributed by atoms with Crippen LogP contribution < -0.4 is 4.74 Å². The van der Waals surface area contributed by atoms with Gasteiger partial charge < -0.3 is 4.74 Å². The normalized spacial score (nSPS) is 11.9. The smallest absolute Gasteiger partial charge is 0.171 e. The fourth-order valence-corrected chi connectivity index (χ4v) is 2.48. The van der Waals surface area contributed by atoms with E-state index in [1.807, 2.05) is 37.3 Å². The van der Waals surface area contributed by atoms with Crippen LogP contribution in [0.1, 0.15) is 35.2 Å². The molecule has 2 rings (SSSR count). The van der Waals surface area contributed by atoms with Gasteiger partial charge in [0.25, 0.3) is 0 Å². The Morgan fingerprint density at radius 3 is 2.50 bits per heavy atom. The van der Waals surface area contributed by atoms with Crippen LogP contribution in [0, 0.1) is 0 Å². The first kappa shape index (κ1) is 14.6. The molecule has 1 unspecified atom stereocenters. The maximum atomic E-state index is 12.7. The summed E-state index contributed by atoms with van der Waals surface area (Å²) in [4.78, 5) is 12.7. The minimum absolute atomic E-state index is 0.0302. The number of carbonyl (C=O) groups excluding carboxylic acids is 1. The van der Waals surface area contributed by atoms with Crippen molar-refractivity contribution in [2.24, 2.45) is 0 Å². The summed E-state index contributed by atoms with van der Waals surface area (Å²) in [5.41, 5.74) is 1.53. The Morgan fingerprint density at radius 1 is 1.20 bits per heavy atom. The minimum atomic E-state index is -0.180. The standard InChI is InChI=1S/C17H17ClO2/c1-3-14(12-7-5-4-6-8-12)17(19)15-11-13(20-2)9-10-16(15)18/h4-11,14H,3H2,1-2H3. The number of carbonyl (C=O) groups is 1. The zero-order chi connectivity index (χ0) is 14.5. The lowest BCUT2D eigenvalue weighted by molar-refractivity contribution is 0.0957. The molecule has 20 heavy (non-hydrogen) atoms. The Hall–Kier alpha value is -1.80. The van der Waals surface area contributed by atoms with Gasteiger partial charge in [0.2, 0.25) is 0 Å². The van der Waals surface area contributed by atoms with E-state index in [4.69, 9.17) is 16.3 Å². The summed E-state index contributed by atoms with van der Waals surface area (Å²) < 4.78 is 5.17. The summed E-state index contributed by atoms with van der Waals surface area (Å²) in [6.07, 6.45) is 0.733. The molecule has 0 fully saturated rings. The number of rotatable bonds is 5. The molecule has 2 nitrogen and oxygen atoms in total. The molecule has 0 aliphatic carbocycles. The van der Waals surface area contributed by atoms with Crippen LogP contribution in [0.2, 0.25) is 5.02 Å². The van der Waals surface area contributed by atoms with Gasteiger partial charge in [0.15, 0.2) is 5.78 Å². The number of benzene rings is 2. The van der Waals surface area contributed by atoms with Gasteiger partial charge in [-0.2, -0.15) is 0 Å². The van der Waals surface area contributed by atoms with Crippen molar-refractivity contribution in [1.29, 1.82) is 0 Å². The van der Waals surface area contributed by atoms with Crippen LogP contribution in [0.3, 0.4) is 0 Å². The zero-order valence-electron chi connectivity index (χ0n) is 11.6. The van der Waals surface area contributed by atoms with Gasteiger partial charge in [0.1, 0.15) is 5.75 Å². The Balaban J connectivity index is 2.39. The minimum Gasteiger partial charge on any atom is -0.497 e. The fraction of sp³-hybridized carbons (Fsp3) is 0.235. The molecule has 2 aromatic rings. The third-order valence-electron chi connectivity index (χ3n) is 3.37. The zero-order valence-corrected chi connectivity index (χ0v) is 12.4. The second-order valence-corrected chi connectivity index (χ2v) is 4.99. The van der Waals surface area contributed by atoms with Crippen molar-refractivity contribution in [3.63, 3.8) is 0 Å². The van der Waals surface area contributed by atoms with E-state index in [-0.39, 0.29) is 11.7 Å². The van der Waals surface area contributed by atoms with E-state index >= 15 is 0 Å². The van der Waals surface area contributed by atoms with Crippen molar-refractivity contribution in [2.45, 2.75) is 19.3 Å². The molecule has 3 heteroatoms. The highest BCUT2D eigenvalue weighted by Crippen LogP contribution is 2.29. The average molecular weight is 289 g/mol. The maximum Gasteiger partial charge on any atom is 0.171 e. The lowest BCUT2D eigenvalue weighted by Crippen LogP contribution is -2.13. The van der Waals surface area contributed by atoms with Crippen molar-refractivity contribution in [3.05, 3.63) is 64.7 Å². The molecule has 0 spiro atoms. The van der Waals surface area contributed by atoms with Crippen LogP contribution in [0.25, 0.3) is 0 Å². The van der Waals surface area contributed by atoms with Crippen molar-refractivity contribution in [2.75, 3.05) is 7.11 Å². The quantitative estimate of drug-likeness (QED) is 0.744.